The minimum atomic E-state index is -0.156. The standard InChI is InChI=1S/C22H39NO/c1-20(2,23)19-10-9-18-16-8-7-15-6-4-5-12-21(15,3)17(16)11-13-22(18,19)14-24/h15-19,24H,4-14,23H2,1-3H3. The summed E-state index contributed by atoms with van der Waals surface area (Å²) in [6.07, 6.45) is 13.9. The van der Waals surface area contributed by atoms with Gasteiger partial charge >= 0.3 is 0 Å². The summed E-state index contributed by atoms with van der Waals surface area (Å²) >= 11 is 0. The fraction of sp³-hybridized carbons (Fsp3) is 1.00. The second kappa shape index (κ2) is 5.71. The number of hydrogen-bond acceptors (Lipinski definition) is 2. The second-order valence-corrected chi connectivity index (χ2v) is 10.8. The van der Waals surface area contributed by atoms with Gasteiger partial charge in [0.05, 0.1) is 0 Å². The Morgan fingerprint density at radius 2 is 1.75 bits per heavy atom. The van der Waals surface area contributed by atoms with Gasteiger partial charge in [0.15, 0.2) is 0 Å². The van der Waals surface area contributed by atoms with E-state index in [9.17, 15) is 5.11 Å². The van der Waals surface area contributed by atoms with Crippen molar-refractivity contribution in [1.82, 2.24) is 0 Å². The molecule has 0 spiro atoms. The molecule has 2 heteroatoms. The van der Waals surface area contributed by atoms with Crippen molar-refractivity contribution in [3.63, 3.8) is 0 Å². The molecule has 2 nitrogen and oxygen atoms in total. The van der Waals surface area contributed by atoms with Gasteiger partial charge in [0, 0.05) is 17.6 Å². The fourth-order valence-electron chi connectivity index (χ4n) is 8.53. The van der Waals surface area contributed by atoms with Crippen molar-refractivity contribution in [2.75, 3.05) is 6.61 Å². The highest BCUT2D eigenvalue weighted by molar-refractivity contribution is 5.12. The van der Waals surface area contributed by atoms with Crippen molar-refractivity contribution in [3.05, 3.63) is 0 Å². The number of nitrogens with two attached hydrogens (primary N) is 1. The quantitative estimate of drug-likeness (QED) is 0.766. The van der Waals surface area contributed by atoms with Crippen LogP contribution in [0.3, 0.4) is 0 Å². The van der Waals surface area contributed by atoms with Gasteiger partial charge in [-0.3, -0.25) is 0 Å². The van der Waals surface area contributed by atoms with Gasteiger partial charge in [0.1, 0.15) is 0 Å². The van der Waals surface area contributed by atoms with Crippen LogP contribution in [0.4, 0.5) is 0 Å². The lowest BCUT2D eigenvalue weighted by Crippen LogP contribution is -2.57. The van der Waals surface area contributed by atoms with Crippen LogP contribution in [0.1, 0.15) is 85.0 Å². The van der Waals surface area contributed by atoms with Crippen LogP contribution in [0, 0.1) is 40.4 Å². The third-order valence-corrected chi connectivity index (χ3v) is 9.49. The Bertz CT molecular complexity index is 483. The van der Waals surface area contributed by atoms with Crippen LogP contribution in [-0.2, 0) is 0 Å². The number of rotatable bonds is 2. The molecule has 4 aliphatic carbocycles. The van der Waals surface area contributed by atoms with E-state index in [4.69, 9.17) is 5.73 Å². The minimum Gasteiger partial charge on any atom is -0.396 e. The molecule has 7 unspecified atom stereocenters. The number of aliphatic hydroxyl groups excluding tert-OH is 1. The first-order chi connectivity index (χ1) is 11.3. The SMILES string of the molecule is CC(C)(N)C1CCC2C3CCC4CCCCC4(C)C3CCC21CO. The molecule has 4 saturated carbocycles. The van der Waals surface area contributed by atoms with E-state index in [2.05, 4.69) is 20.8 Å². The van der Waals surface area contributed by atoms with Crippen molar-refractivity contribution >= 4 is 0 Å². The lowest BCUT2D eigenvalue weighted by molar-refractivity contribution is -0.133. The molecule has 24 heavy (non-hydrogen) atoms. The monoisotopic (exact) mass is 333 g/mol. The molecular weight excluding hydrogens is 294 g/mol. The Kier molecular flexibility index (Phi) is 4.12. The molecule has 0 radical (unpaired) electrons. The van der Waals surface area contributed by atoms with Crippen LogP contribution in [0.5, 0.6) is 0 Å². The van der Waals surface area contributed by atoms with Gasteiger partial charge in [0.2, 0.25) is 0 Å². The van der Waals surface area contributed by atoms with Gasteiger partial charge in [-0.05, 0) is 100 Å². The molecule has 0 aromatic heterocycles. The molecule has 0 bridgehead atoms. The molecule has 4 fully saturated rings. The van der Waals surface area contributed by atoms with Gasteiger partial charge < -0.3 is 10.8 Å². The zero-order valence-electron chi connectivity index (χ0n) is 16.2. The van der Waals surface area contributed by atoms with Crippen molar-refractivity contribution in [2.45, 2.75) is 90.5 Å². The summed E-state index contributed by atoms with van der Waals surface area (Å²) in [4.78, 5) is 0. The maximum atomic E-state index is 10.5. The zero-order chi connectivity index (χ0) is 17.2. The average molecular weight is 334 g/mol. The van der Waals surface area contributed by atoms with Crippen LogP contribution < -0.4 is 5.73 Å². The van der Waals surface area contributed by atoms with E-state index in [0.717, 1.165) is 23.7 Å². The zero-order valence-corrected chi connectivity index (χ0v) is 16.2. The molecule has 4 aliphatic rings. The number of aliphatic hydroxyl groups is 1. The van der Waals surface area contributed by atoms with Gasteiger partial charge in [0.25, 0.3) is 0 Å². The van der Waals surface area contributed by atoms with Crippen LogP contribution >= 0.6 is 0 Å². The molecule has 0 saturated heterocycles. The minimum absolute atomic E-state index is 0.122. The molecule has 4 rings (SSSR count). The predicted molar refractivity (Wildman–Crippen MR) is 99.5 cm³/mol. The van der Waals surface area contributed by atoms with E-state index in [0.29, 0.717) is 17.9 Å². The fourth-order valence-corrected chi connectivity index (χ4v) is 8.53. The number of fused-ring (bicyclic) bond motifs is 5. The molecule has 3 N–H and O–H groups in total. The lowest BCUT2D eigenvalue weighted by atomic mass is 9.44. The van der Waals surface area contributed by atoms with Gasteiger partial charge in [-0.15, -0.1) is 0 Å². The maximum absolute atomic E-state index is 10.5. The molecular formula is C22H39NO. The first kappa shape index (κ1) is 17.3. The van der Waals surface area contributed by atoms with Gasteiger partial charge in [-0.1, -0.05) is 19.8 Å². The molecule has 0 aromatic rings. The Morgan fingerprint density at radius 1 is 0.958 bits per heavy atom. The summed E-state index contributed by atoms with van der Waals surface area (Å²) in [5.41, 5.74) is 7.16. The number of hydrogen-bond donors (Lipinski definition) is 2. The highest BCUT2D eigenvalue weighted by Crippen LogP contribution is 2.68. The van der Waals surface area contributed by atoms with E-state index < -0.39 is 0 Å². The summed E-state index contributed by atoms with van der Waals surface area (Å²) in [6.45, 7) is 7.40. The van der Waals surface area contributed by atoms with E-state index in [1.165, 1.54) is 64.2 Å². The highest BCUT2D eigenvalue weighted by atomic mass is 16.3. The van der Waals surface area contributed by atoms with Gasteiger partial charge in [-0.25, -0.2) is 0 Å². The first-order valence-corrected chi connectivity index (χ1v) is 10.7. The maximum Gasteiger partial charge on any atom is 0.0493 e. The third-order valence-electron chi connectivity index (χ3n) is 9.49. The Balaban J connectivity index is 1.65. The average Bonchev–Trinajstić information content (AvgIpc) is 2.94. The molecule has 7 atom stereocenters. The molecule has 138 valence electrons. The highest BCUT2D eigenvalue weighted by Gasteiger charge is 2.62. The van der Waals surface area contributed by atoms with Crippen molar-refractivity contribution < 1.29 is 5.11 Å². The van der Waals surface area contributed by atoms with Crippen LogP contribution in [-0.4, -0.2) is 17.3 Å². The molecule has 0 aliphatic heterocycles. The first-order valence-electron chi connectivity index (χ1n) is 10.7. The predicted octanol–water partition coefficient (Wildman–Crippen LogP) is 4.75. The van der Waals surface area contributed by atoms with Crippen LogP contribution in [0.2, 0.25) is 0 Å². The van der Waals surface area contributed by atoms with Crippen LogP contribution in [0.15, 0.2) is 0 Å². The Hall–Kier alpha value is -0.0800. The second-order valence-electron chi connectivity index (χ2n) is 10.8. The van der Waals surface area contributed by atoms with E-state index >= 15 is 0 Å². The van der Waals surface area contributed by atoms with E-state index in [-0.39, 0.29) is 11.0 Å². The third kappa shape index (κ3) is 2.28. The van der Waals surface area contributed by atoms with E-state index in [1.807, 2.05) is 0 Å². The molecule has 0 aromatic carbocycles. The summed E-state index contributed by atoms with van der Waals surface area (Å²) in [6, 6.07) is 0. The Morgan fingerprint density at radius 3 is 2.46 bits per heavy atom. The van der Waals surface area contributed by atoms with Crippen molar-refractivity contribution in [3.8, 4) is 0 Å². The van der Waals surface area contributed by atoms with Crippen molar-refractivity contribution in [2.24, 2.45) is 46.2 Å². The van der Waals surface area contributed by atoms with Gasteiger partial charge in [-0.2, -0.15) is 0 Å². The molecule has 0 amide bonds. The Labute approximate surface area is 149 Å². The topological polar surface area (TPSA) is 46.2 Å². The molecule has 0 heterocycles. The largest absolute Gasteiger partial charge is 0.396 e. The van der Waals surface area contributed by atoms with Crippen LogP contribution in [0.25, 0.3) is 0 Å². The summed E-state index contributed by atoms with van der Waals surface area (Å²) in [5, 5.41) is 10.5. The summed E-state index contributed by atoms with van der Waals surface area (Å²) in [5.74, 6) is 3.99. The summed E-state index contributed by atoms with van der Waals surface area (Å²) in [7, 11) is 0. The van der Waals surface area contributed by atoms with E-state index in [1.54, 1.807) is 0 Å². The smallest absolute Gasteiger partial charge is 0.0493 e. The van der Waals surface area contributed by atoms with Crippen molar-refractivity contribution in [1.29, 1.82) is 0 Å². The summed E-state index contributed by atoms with van der Waals surface area (Å²) < 4.78 is 0. The lowest BCUT2D eigenvalue weighted by Gasteiger charge is -2.61. The normalized spacial score (nSPS) is 51.6.